The van der Waals surface area contributed by atoms with Gasteiger partial charge in [-0.1, -0.05) is 19.7 Å². The average Bonchev–Trinajstić information content (AvgIpc) is 2.47. The summed E-state index contributed by atoms with van der Waals surface area (Å²) in [5.41, 5.74) is 0.424. The van der Waals surface area contributed by atoms with Crippen LogP contribution in [0.2, 0.25) is 19.1 Å². The van der Waals surface area contributed by atoms with E-state index in [4.69, 9.17) is 18.9 Å². The van der Waals surface area contributed by atoms with Crippen molar-refractivity contribution in [1.82, 2.24) is 0 Å². The van der Waals surface area contributed by atoms with Crippen molar-refractivity contribution < 1.29 is 23.7 Å². The molecule has 0 aromatic carbocycles. The van der Waals surface area contributed by atoms with Crippen molar-refractivity contribution in [2.45, 2.75) is 57.7 Å². The topological polar surface area (TPSA) is 54.0 Å². The zero-order chi connectivity index (χ0) is 17.2. The van der Waals surface area contributed by atoms with Gasteiger partial charge >= 0.3 is 5.97 Å². The van der Waals surface area contributed by atoms with E-state index in [1.165, 1.54) is 0 Å². The van der Waals surface area contributed by atoms with Crippen molar-refractivity contribution >= 4 is 14.8 Å². The third-order valence-electron chi connectivity index (χ3n) is 3.49. The highest BCUT2D eigenvalue weighted by Gasteiger charge is 2.38. The van der Waals surface area contributed by atoms with Crippen molar-refractivity contribution in [3.05, 3.63) is 12.2 Å². The van der Waals surface area contributed by atoms with Crippen molar-refractivity contribution in [2.75, 3.05) is 27.4 Å². The predicted molar refractivity (Wildman–Crippen MR) is 90.9 cm³/mol. The molecule has 0 saturated heterocycles. The van der Waals surface area contributed by atoms with Gasteiger partial charge in [0.1, 0.15) is 6.10 Å². The Kier molecular flexibility index (Phi) is 10.6. The van der Waals surface area contributed by atoms with Crippen LogP contribution >= 0.6 is 0 Å². The molecule has 0 bridgehead atoms. The molecule has 6 heteroatoms. The molecule has 0 aliphatic carbocycles. The summed E-state index contributed by atoms with van der Waals surface area (Å²) in [5.74, 6) is -0.999. The molecule has 0 aliphatic rings. The number of hydrogen-bond acceptors (Lipinski definition) is 5. The van der Waals surface area contributed by atoms with Crippen LogP contribution in [-0.2, 0) is 23.7 Å². The quantitative estimate of drug-likeness (QED) is 0.181. The molecule has 0 saturated carbocycles. The molecule has 1 unspecified atom stereocenters. The Morgan fingerprint density at radius 2 is 1.73 bits per heavy atom. The highest BCUT2D eigenvalue weighted by molar-refractivity contribution is 6.56. The lowest BCUT2D eigenvalue weighted by molar-refractivity contribution is -0.253. The van der Waals surface area contributed by atoms with Crippen molar-refractivity contribution in [2.24, 2.45) is 0 Å². The number of hydrogen-bond donors (Lipinski definition) is 0. The molecule has 0 amide bonds. The van der Waals surface area contributed by atoms with Crippen LogP contribution in [0, 0.1) is 0 Å². The fourth-order valence-electron chi connectivity index (χ4n) is 2.20. The maximum absolute atomic E-state index is 11.2. The normalized spacial score (nSPS) is 13.2. The van der Waals surface area contributed by atoms with E-state index in [1.807, 2.05) is 6.92 Å². The monoisotopic (exact) mass is 332 g/mol. The Hall–Kier alpha value is -0.693. The van der Waals surface area contributed by atoms with Crippen LogP contribution in [0.25, 0.3) is 0 Å². The molecule has 130 valence electrons. The molecule has 1 atom stereocenters. The lowest BCUT2D eigenvalue weighted by atomic mass is 10.2. The third kappa shape index (κ3) is 7.53. The van der Waals surface area contributed by atoms with Crippen LogP contribution in [0.1, 0.15) is 26.7 Å². The van der Waals surface area contributed by atoms with Gasteiger partial charge in [0.2, 0.25) is 0 Å². The highest BCUT2D eigenvalue weighted by Crippen LogP contribution is 2.26. The van der Waals surface area contributed by atoms with Gasteiger partial charge in [-0.15, -0.1) is 0 Å². The summed E-state index contributed by atoms with van der Waals surface area (Å²) in [4.78, 5) is 11.2. The Morgan fingerprint density at radius 1 is 1.18 bits per heavy atom. The van der Waals surface area contributed by atoms with E-state index in [-0.39, 0.29) is 12.1 Å². The predicted octanol–water partition coefficient (Wildman–Crippen LogP) is 2.77. The molecule has 0 N–H and O–H groups in total. The number of methoxy groups -OCH3 is 2. The van der Waals surface area contributed by atoms with E-state index >= 15 is 0 Å². The van der Waals surface area contributed by atoms with Gasteiger partial charge in [0.05, 0.1) is 6.61 Å². The Morgan fingerprint density at radius 3 is 2.18 bits per heavy atom. The largest absolute Gasteiger partial charge is 0.462 e. The summed E-state index contributed by atoms with van der Waals surface area (Å²) < 4.78 is 22.1. The second-order valence-corrected chi connectivity index (χ2v) is 9.15. The number of ether oxygens (including phenoxy) is 4. The van der Waals surface area contributed by atoms with Crippen LogP contribution in [-0.4, -0.2) is 54.1 Å². The minimum absolute atomic E-state index is 0.143. The smallest absolute Gasteiger partial charge is 0.333 e. The van der Waals surface area contributed by atoms with E-state index in [2.05, 4.69) is 19.7 Å². The second-order valence-electron chi connectivity index (χ2n) is 5.95. The van der Waals surface area contributed by atoms with Crippen LogP contribution < -0.4 is 0 Å². The zero-order valence-corrected chi connectivity index (χ0v) is 16.1. The fraction of sp³-hybridized carbons (Fsp3) is 0.812. The highest BCUT2D eigenvalue weighted by atomic mass is 28.3. The summed E-state index contributed by atoms with van der Waals surface area (Å²) in [6.45, 7) is 12.6. The van der Waals surface area contributed by atoms with E-state index in [1.54, 1.807) is 21.1 Å². The van der Waals surface area contributed by atoms with Gasteiger partial charge in [-0.05, 0) is 32.7 Å². The van der Waals surface area contributed by atoms with Crippen LogP contribution in [0.15, 0.2) is 12.2 Å². The fourth-order valence-corrected chi connectivity index (χ4v) is 4.00. The maximum atomic E-state index is 11.2. The molecule has 0 aromatic heterocycles. The average molecular weight is 333 g/mol. The Balaban J connectivity index is 4.07. The van der Waals surface area contributed by atoms with Gasteiger partial charge in [-0.3, -0.25) is 0 Å². The van der Waals surface area contributed by atoms with E-state index < -0.39 is 14.6 Å². The van der Waals surface area contributed by atoms with E-state index in [9.17, 15) is 4.79 Å². The first-order chi connectivity index (χ1) is 10.3. The molecular formula is C16H32O5Si. The summed E-state index contributed by atoms with van der Waals surface area (Å²) in [6.07, 6.45) is 1.43. The standard InChI is InChI=1S/C16H32O5Si/c1-13(2)15(17)21-11-9-8-10-20-14(3)16(18-4,19-5)12-22(6)7/h14,22H,1,8-12H2,2-7H3. The second kappa shape index (κ2) is 10.9. The molecule has 0 aliphatic heterocycles. The molecule has 0 rings (SSSR count). The van der Waals surface area contributed by atoms with Gasteiger partial charge in [0.25, 0.3) is 0 Å². The Labute approximate surface area is 136 Å². The summed E-state index contributed by atoms with van der Waals surface area (Å²) in [7, 11) is 2.47. The van der Waals surface area contributed by atoms with Crippen molar-refractivity contribution in [3.63, 3.8) is 0 Å². The maximum Gasteiger partial charge on any atom is 0.333 e. The first-order valence-corrected chi connectivity index (χ1v) is 11.0. The third-order valence-corrected chi connectivity index (χ3v) is 4.88. The van der Waals surface area contributed by atoms with E-state index in [0.29, 0.717) is 18.8 Å². The molecule has 0 heterocycles. The number of unbranched alkanes of at least 4 members (excludes halogenated alkanes) is 1. The first-order valence-electron chi connectivity index (χ1n) is 7.83. The van der Waals surface area contributed by atoms with Crippen LogP contribution in [0.5, 0.6) is 0 Å². The van der Waals surface area contributed by atoms with E-state index in [0.717, 1.165) is 18.9 Å². The molecular weight excluding hydrogens is 300 g/mol. The van der Waals surface area contributed by atoms with Gasteiger partial charge in [0.15, 0.2) is 5.79 Å². The molecule has 0 aromatic rings. The lowest BCUT2D eigenvalue weighted by Crippen LogP contribution is -2.47. The Bertz CT molecular complexity index is 339. The van der Waals surface area contributed by atoms with Gasteiger partial charge < -0.3 is 18.9 Å². The zero-order valence-electron chi connectivity index (χ0n) is 14.9. The number of carbonyl (C=O) groups excluding carboxylic acids is 1. The number of rotatable bonds is 12. The minimum Gasteiger partial charge on any atom is -0.462 e. The molecule has 0 fully saturated rings. The molecule has 22 heavy (non-hydrogen) atoms. The van der Waals surface area contributed by atoms with Gasteiger partial charge in [-0.25, -0.2) is 4.79 Å². The molecule has 0 spiro atoms. The number of esters is 1. The van der Waals surface area contributed by atoms with Crippen LogP contribution in [0.3, 0.4) is 0 Å². The summed E-state index contributed by atoms with van der Waals surface area (Å²) in [5, 5.41) is 0. The molecule has 0 radical (unpaired) electrons. The first kappa shape index (κ1) is 21.3. The number of carbonyl (C=O) groups is 1. The molecule has 5 nitrogen and oxygen atoms in total. The van der Waals surface area contributed by atoms with Gasteiger partial charge in [-0.2, -0.15) is 0 Å². The van der Waals surface area contributed by atoms with Crippen molar-refractivity contribution in [1.29, 1.82) is 0 Å². The van der Waals surface area contributed by atoms with Crippen LogP contribution in [0.4, 0.5) is 0 Å². The van der Waals surface area contributed by atoms with Crippen molar-refractivity contribution in [3.8, 4) is 0 Å². The summed E-state index contributed by atoms with van der Waals surface area (Å²) >= 11 is 0. The summed E-state index contributed by atoms with van der Waals surface area (Å²) in [6, 6.07) is 0.900. The SMILES string of the molecule is C=C(C)C(=O)OCCCCOC(C)C(C[SiH](C)C)(OC)OC. The lowest BCUT2D eigenvalue weighted by Gasteiger charge is -2.37. The minimum atomic E-state index is -0.856. The van der Waals surface area contributed by atoms with Gasteiger partial charge in [0, 0.05) is 35.2 Å².